The van der Waals surface area contributed by atoms with Crippen LogP contribution in [0.4, 0.5) is 4.79 Å². The third-order valence-electron chi connectivity index (χ3n) is 2.20. The lowest BCUT2D eigenvalue weighted by molar-refractivity contribution is 0.219. The molecule has 0 aromatic heterocycles. The van der Waals surface area contributed by atoms with Crippen LogP contribution in [0.2, 0.25) is 0 Å². The monoisotopic (exact) mass is 203 g/mol. The lowest BCUT2D eigenvalue weighted by Gasteiger charge is -2.05. The van der Waals surface area contributed by atoms with Gasteiger partial charge in [0.1, 0.15) is 0 Å². The summed E-state index contributed by atoms with van der Waals surface area (Å²) in [5.41, 5.74) is 0.991. The van der Waals surface area contributed by atoms with E-state index in [1.54, 1.807) is 6.21 Å². The summed E-state index contributed by atoms with van der Waals surface area (Å²) < 4.78 is 0. The molecule has 0 radical (unpaired) electrons. The summed E-state index contributed by atoms with van der Waals surface area (Å²) in [5.74, 6) is 0. The largest absolute Gasteiger partial charge is 0.338 e. The van der Waals surface area contributed by atoms with E-state index < -0.39 is 0 Å². The Bertz CT molecular complexity index is 375. The quantitative estimate of drug-likeness (QED) is 0.726. The van der Waals surface area contributed by atoms with E-state index in [4.69, 9.17) is 0 Å². The maximum atomic E-state index is 11.3. The topological polar surface area (TPSA) is 44.7 Å². The molecule has 1 aliphatic heterocycles. The lowest BCUT2D eigenvalue weighted by Crippen LogP contribution is -2.24. The van der Waals surface area contributed by atoms with Gasteiger partial charge >= 0.3 is 6.03 Å². The number of hydrazone groups is 1. The molecule has 0 aliphatic carbocycles. The summed E-state index contributed by atoms with van der Waals surface area (Å²) in [7, 11) is 0. The van der Waals surface area contributed by atoms with Crippen molar-refractivity contribution in [3.05, 3.63) is 35.9 Å². The summed E-state index contributed by atoms with van der Waals surface area (Å²) >= 11 is 0. The number of carbonyl (C=O) groups excluding carboxylic acids is 1. The molecule has 2 rings (SSSR count). The number of rotatable bonds is 2. The van der Waals surface area contributed by atoms with Gasteiger partial charge in [-0.25, -0.2) is 9.80 Å². The number of nitrogens with one attached hydrogen (secondary N) is 1. The number of amides is 2. The molecule has 1 unspecified atom stereocenters. The first-order valence-corrected chi connectivity index (χ1v) is 4.93. The van der Waals surface area contributed by atoms with Crippen molar-refractivity contribution in [3.63, 3.8) is 0 Å². The van der Waals surface area contributed by atoms with Crippen LogP contribution in [-0.2, 0) is 0 Å². The zero-order chi connectivity index (χ0) is 10.7. The highest BCUT2D eigenvalue weighted by molar-refractivity contribution is 5.82. The van der Waals surface area contributed by atoms with E-state index in [9.17, 15) is 4.79 Å². The molecule has 2 amide bonds. The summed E-state index contributed by atoms with van der Waals surface area (Å²) in [4.78, 5) is 11.3. The Balaban J connectivity index is 2.03. The van der Waals surface area contributed by atoms with Crippen LogP contribution in [0.15, 0.2) is 35.4 Å². The third kappa shape index (κ3) is 2.34. The standard InChI is InChI=1S/C11H13N3O/c1-9-8-14(11(15)13-9)12-7-10-5-3-2-4-6-10/h2-7,9H,8H2,1H3,(H,13,15)/b12-7+. The van der Waals surface area contributed by atoms with Crippen LogP contribution in [0.5, 0.6) is 0 Å². The molecule has 1 aliphatic rings. The molecule has 4 heteroatoms. The van der Waals surface area contributed by atoms with Gasteiger partial charge in [0.2, 0.25) is 0 Å². The molecule has 1 atom stereocenters. The Morgan fingerprint density at radius 2 is 2.20 bits per heavy atom. The molecule has 78 valence electrons. The molecule has 15 heavy (non-hydrogen) atoms. The number of hydrogen-bond donors (Lipinski definition) is 1. The third-order valence-corrected chi connectivity index (χ3v) is 2.20. The average molecular weight is 203 g/mol. The van der Waals surface area contributed by atoms with Gasteiger partial charge in [-0.15, -0.1) is 0 Å². The Kier molecular flexibility index (Phi) is 2.67. The smallest absolute Gasteiger partial charge is 0.332 e. The van der Waals surface area contributed by atoms with Crippen molar-refractivity contribution in [2.45, 2.75) is 13.0 Å². The highest BCUT2D eigenvalue weighted by Crippen LogP contribution is 2.04. The van der Waals surface area contributed by atoms with Gasteiger partial charge in [-0.05, 0) is 12.5 Å². The summed E-state index contributed by atoms with van der Waals surface area (Å²) in [6.07, 6.45) is 1.69. The van der Waals surface area contributed by atoms with Gasteiger partial charge in [-0.3, -0.25) is 0 Å². The maximum Gasteiger partial charge on any atom is 0.338 e. The van der Waals surface area contributed by atoms with Gasteiger partial charge in [-0.1, -0.05) is 30.3 Å². The van der Waals surface area contributed by atoms with E-state index in [1.807, 2.05) is 37.3 Å². The van der Waals surface area contributed by atoms with Crippen LogP contribution >= 0.6 is 0 Å². The van der Waals surface area contributed by atoms with Gasteiger partial charge in [0.15, 0.2) is 0 Å². The Morgan fingerprint density at radius 3 is 2.80 bits per heavy atom. The molecule has 1 N–H and O–H groups in total. The van der Waals surface area contributed by atoms with Crippen LogP contribution in [-0.4, -0.2) is 29.8 Å². The highest BCUT2D eigenvalue weighted by atomic mass is 16.2. The highest BCUT2D eigenvalue weighted by Gasteiger charge is 2.24. The Labute approximate surface area is 88.6 Å². The summed E-state index contributed by atoms with van der Waals surface area (Å²) in [5, 5.41) is 8.34. The van der Waals surface area contributed by atoms with E-state index >= 15 is 0 Å². The number of hydrogen-bond acceptors (Lipinski definition) is 2. The van der Waals surface area contributed by atoms with E-state index in [-0.39, 0.29) is 12.1 Å². The molecule has 1 fully saturated rings. The number of nitrogens with zero attached hydrogens (tertiary/aromatic N) is 2. The van der Waals surface area contributed by atoms with Gasteiger partial charge in [0.25, 0.3) is 0 Å². The molecular formula is C11H13N3O. The molecule has 1 heterocycles. The zero-order valence-electron chi connectivity index (χ0n) is 8.55. The minimum atomic E-state index is -0.130. The van der Waals surface area contributed by atoms with E-state index in [1.165, 1.54) is 5.01 Å². The molecular weight excluding hydrogens is 190 g/mol. The minimum absolute atomic E-state index is 0.130. The molecule has 4 nitrogen and oxygen atoms in total. The van der Waals surface area contributed by atoms with Crippen molar-refractivity contribution in [2.75, 3.05) is 6.54 Å². The first-order chi connectivity index (χ1) is 7.25. The van der Waals surface area contributed by atoms with Crippen molar-refractivity contribution in [1.82, 2.24) is 10.3 Å². The molecule has 0 saturated carbocycles. The first kappa shape index (κ1) is 9.71. The van der Waals surface area contributed by atoms with Crippen LogP contribution < -0.4 is 5.32 Å². The van der Waals surface area contributed by atoms with E-state index in [0.29, 0.717) is 6.54 Å². The number of benzene rings is 1. The van der Waals surface area contributed by atoms with Gasteiger partial charge in [0.05, 0.1) is 12.8 Å². The first-order valence-electron chi connectivity index (χ1n) is 4.93. The maximum absolute atomic E-state index is 11.3. The van der Waals surface area contributed by atoms with E-state index in [2.05, 4.69) is 10.4 Å². The minimum Gasteiger partial charge on any atom is -0.332 e. The van der Waals surface area contributed by atoms with Crippen molar-refractivity contribution in [3.8, 4) is 0 Å². The predicted molar refractivity (Wildman–Crippen MR) is 58.7 cm³/mol. The Hall–Kier alpha value is -1.84. The van der Waals surface area contributed by atoms with E-state index in [0.717, 1.165) is 5.56 Å². The van der Waals surface area contributed by atoms with Crippen molar-refractivity contribution in [2.24, 2.45) is 5.10 Å². The van der Waals surface area contributed by atoms with Gasteiger partial charge in [0, 0.05) is 6.04 Å². The molecule has 0 bridgehead atoms. The second-order valence-corrected chi connectivity index (χ2v) is 3.59. The van der Waals surface area contributed by atoms with Crippen LogP contribution in [0.3, 0.4) is 0 Å². The van der Waals surface area contributed by atoms with Crippen molar-refractivity contribution < 1.29 is 4.79 Å². The summed E-state index contributed by atoms with van der Waals surface area (Å²) in [6.45, 7) is 2.58. The SMILES string of the molecule is CC1CN(/N=C/c2ccccc2)C(=O)N1. The van der Waals surface area contributed by atoms with Crippen LogP contribution in [0, 0.1) is 0 Å². The fraction of sp³-hybridized carbons (Fsp3) is 0.273. The number of carbonyl (C=O) groups is 1. The van der Waals surface area contributed by atoms with Gasteiger partial charge < -0.3 is 5.32 Å². The molecule has 1 saturated heterocycles. The second-order valence-electron chi connectivity index (χ2n) is 3.59. The zero-order valence-corrected chi connectivity index (χ0v) is 8.55. The molecule has 1 aromatic rings. The lowest BCUT2D eigenvalue weighted by atomic mass is 10.2. The van der Waals surface area contributed by atoms with Crippen LogP contribution in [0.25, 0.3) is 0 Å². The average Bonchev–Trinajstić information content (AvgIpc) is 2.56. The second kappa shape index (κ2) is 4.13. The number of urea groups is 1. The van der Waals surface area contributed by atoms with Crippen molar-refractivity contribution in [1.29, 1.82) is 0 Å². The van der Waals surface area contributed by atoms with Gasteiger partial charge in [-0.2, -0.15) is 5.10 Å². The molecule has 1 aromatic carbocycles. The normalized spacial score (nSPS) is 21.0. The Morgan fingerprint density at radius 1 is 1.47 bits per heavy atom. The fourth-order valence-corrected chi connectivity index (χ4v) is 1.45. The molecule has 0 spiro atoms. The summed E-state index contributed by atoms with van der Waals surface area (Å²) in [6, 6.07) is 9.76. The van der Waals surface area contributed by atoms with Crippen molar-refractivity contribution >= 4 is 12.2 Å². The predicted octanol–water partition coefficient (Wildman–Crippen LogP) is 1.43. The van der Waals surface area contributed by atoms with Crippen LogP contribution in [0.1, 0.15) is 12.5 Å². The fourth-order valence-electron chi connectivity index (χ4n) is 1.45.